The minimum Gasteiger partial charge on any atom is -0.389 e. The first-order valence-electron chi connectivity index (χ1n) is 4.99. The Balaban J connectivity index is 1.93. The molecule has 0 aliphatic heterocycles. The Bertz CT molecular complexity index is 511. The van der Waals surface area contributed by atoms with Crippen LogP contribution in [0.1, 0.15) is 10.4 Å². The summed E-state index contributed by atoms with van der Waals surface area (Å²) in [5, 5.41) is 5.68. The lowest BCUT2D eigenvalue weighted by Gasteiger charge is -2.01. The van der Waals surface area contributed by atoms with Crippen molar-refractivity contribution >= 4 is 17.2 Å². The van der Waals surface area contributed by atoms with Crippen molar-refractivity contribution < 1.29 is 9.23 Å². The highest BCUT2D eigenvalue weighted by molar-refractivity contribution is 7.12. The van der Waals surface area contributed by atoms with Gasteiger partial charge >= 0.3 is 0 Å². The predicted octanol–water partition coefficient (Wildman–Crippen LogP) is 2.72. The van der Waals surface area contributed by atoms with Crippen LogP contribution in [0.15, 0.2) is 46.9 Å². The maximum atomic E-state index is 12.9. The van der Waals surface area contributed by atoms with Gasteiger partial charge in [0.15, 0.2) is 5.84 Å². The zero-order valence-corrected chi connectivity index (χ0v) is 9.78. The fourth-order valence-corrected chi connectivity index (χ4v) is 1.89. The first kappa shape index (κ1) is 11.6. The molecule has 3 nitrogen and oxygen atoms in total. The van der Waals surface area contributed by atoms with E-state index in [2.05, 4.69) is 5.16 Å². The number of nitrogens with zero attached hydrogens (tertiary/aromatic N) is 1. The van der Waals surface area contributed by atoms with Crippen LogP contribution in [0.2, 0.25) is 0 Å². The lowest BCUT2D eigenvalue weighted by Crippen LogP contribution is -2.11. The van der Waals surface area contributed by atoms with Crippen LogP contribution in [-0.2, 0) is 11.4 Å². The quantitative estimate of drug-likeness (QED) is 0.515. The third kappa shape index (κ3) is 3.29. The van der Waals surface area contributed by atoms with Crippen LogP contribution in [0.5, 0.6) is 0 Å². The third-order valence-electron chi connectivity index (χ3n) is 2.06. The Kier molecular flexibility index (Phi) is 3.72. The van der Waals surface area contributed by atoms with Crippen molar-refractivity contribution in [2.24, 2.45) is 10.9 Å². The molecule has 0 bridgehead atoms. The molecule has 0 saturated carbocycles. The molecular formula is C12H11FN2OS. The number of benzene rings is 1. The molecular weight excluding hydrogens is 239 g/mol. The molecule has 1 aromatic heterocycles. The molecule has 0 aliphatic carbocycles. The topological polar surface area (TPSA) is 47.6 Å². The van der Waals surface area contributed by atoms with E-state index < -0.39 is 0 Å². The van der Waals surface area contributed by atoms with E-state index in [0.717, 1.165) is 4.88 Å². The second-order valence-electron chi connectivity index (χ2n) is 3.36. The van der Waals surface area contributed by atoms with Crippen LogP contribution in [-0.4, -0.2) is 5.84 Å². The summed E-state index contributed by atoms with van der Waals surface area (Å²) in [5.41, 5.74) is 6.41. The number of thiophene rings is 1. The maximum absolute atomic E-state index is 12.9. The summed E-state index contributed by atoms with van der Waals surface area (Å²) in [6.45, 7) is 0.198. The van der Waals surface area contributed by atoms with Crippen LogP contribution < -0.4 is 5.73 Å². The van der Waals surface area contributed by atoms with E-state index in [1.165, 1.54) is 23.5 Å². The Labute approximate surface area is 102 Å². The van der Waals surface area contributed by atoms with Crippen molar-refractivity contribution in [1.29, 1.82) is 0 Å². The Morgan fingerprint density at radius 1 is 1.35 bits per heavy atom. The fraction of sp³-hybridized carbons (Fsp3) is 0.0833. The number of amidine groups is 1. The lowest BCUT2D eigenvalue weighted by molar-refractivity contribution is 0.130. The first-order valence-corrected chi connectivity index (χ1v) is 5.87. The molecule has 17 heavy (non-hydrogen) atoms. The van der Waals surface area contributed by atoms with E-state index in [1.807, 2.05) is 17.5 Å². The largest absolute Gasteiger partial charge is 0.389 e. The van der Waals surface area contributed by atoms with Gasteiger partial charge in [0.25, 0.3) is 0 Å². The molecule has 0 atom stereocenters. The zero-order chi connectivity index (χ0) is 12.1. The molecule has 5 heteroatoms. The van der Waals surface area contributed by atoms with E-state index >= 15 is 0 Å². The van der Waals surface area contributed by atoms with Crippen LogP contribution in [0.4, 0.5) is 4.39 Å². The number of oxime groups is 1. The maximum Gasteiger partial charge on any atom is 0.180 e. The molecule has 1 heterocycles. The summed E-state index contributed by atoms with van der Waals surface area (Å²) < 4.78 is 12.9. The normalized spacial score (nSPS) is 11.5. The number of hydrogen-bond donors (Lipinski definition) is 1. The van der Waals surface area contributed by atoms with Gasteiger partial charge in [0.2, 0.25) is 0 Å². The lowest BCUT2D eigenvalue weighted by atomic mass is 10.2. The van der Waals surface area contributed by atoms with Crippen molar-refractivity contribution in [2.45, 2.75) is 6.61 Å². The number of nitrogens with two attached hydrogens (primary N) is 1. The summed E-state index contributed by atoms with van der Waals surface area (Å²) in [4.78, 5) is 5.91. The van der Waals surface area contributed by atoms with Gasteiger partial charge < -0.3 is 10.6 Å². The zero-order valence-electron chi connectivity index (χ0n) is 8.97. The summed E-state index contributed by atoms with van der Waals surface area (Å²) in [6, 6.07) is 9.91. The number of hydrogen-bond acceptors (Lipinski definition) is 3. The molecule has 0 radical (unpaired) electrons. The molecule has 1 aromatic carbocycles. The molecule has 0 aliphatic rings. The van der Waals surface area contributed by atoms with E-state index in [0.29, 0.717) is 11.4 Å². The highest BCUT2D eigenvalue weighted by atomic mass is 32.1. The number of halogens is 1. The highest BCUT2D eigenvalue weighted by Crippen LogP contribution is 2.09. The van der Waals surface area contributed by atoms with Gasteiger partial charge in [0.05, 0.1) is 4.88 Å². The molecule has 2 rings (SSSR count). The average molecular weight is 250 g/mol. The van der Waals surface area contributed by atoms with Gasteiger partial charge in [-0.3, -0.25) is 0 Å². The summed E-state index contributed by atoms with van der Waals surface area (Å²) in [7, 11) is 0. The van der Waals surface area contributed by atoms with Gasteiger partial charge in [0, 0.05) is 0 Å². The van der Waals surface area contributed by atoms with Gasteiger partial charge in [-0.05, 0) is 29.1 Å². The van der Waals surface area contributed by atoms with Crippen molar-refractivity contribution in [3.63, 3.8) is 0 Å². The van der Waals surface area contributed by atoms with Gasteiger partial charge in [-0.15, -0.1) is 11.3 Å². The summed E-state index contributed by atoms with van der Waals surface area (Å²) >= 11 is 1.48. The van der Waals surface area contributed by atoms with Gasteiger partial charge in [-0.2, -0.15) is 0 Å². The molecule has 0 saturated heterocycles. The van der Waals surface area contributed by atoms with E-state index in [9.17, 15) is 4.39 Å². The molecule has 0 fully saturated rings. The predicted molar refractivity (Wildman–Crippen MR) is 66.2 cm³/mol. The van der Waals surface area contributed by atoms with E-state index in [-0.39, 0.29) is 12.4 Å². The third-order valence-corrected chi connectivity index (χ3v) is 2.95. The number of rotatable bonds is 4. The van der Waals surface area contributed by atoms with E-state index in [4.69, 9.17) is 10.6 Å². The fourth-order valence-electron chi connectivity index (χ4n) is 1.27. The Morgan fingerprint density at radius 3 is 2.94 bits per heavy atom. The molecule has 2 N–H and O–H groups in total. The van der Waals surface area contributed by atoms with E-state index in [1.54, 1.807) is 12.1 Å². The van der Waals surface area contributed by atoms with Gasteiger partial charge in [-0.25, -0.2) is 4.39 Å². The monoisotopic (exact) mass is 250 g/mol. The summed E-state index contributed by atoms with van der Waals surface area (Å²) in [5.74, 6) is 0.0395. The standard InChI is InChI=1S/C12H11FN2OS/c13-10-4-1-3-9(7-10)8-16-15-12(14)11-5-2-6-17-11/h1-7H,8H2,(H2,14,15). The SMILES string of the molecule is N/C(=N\OCc1cccc(F)c1)c1cccs1. The second kappa shape index (κ2) is 5.45. The van der Waals surface area contributed by atoms with Crippen molar-refractivity contribution in [3.8, 4) is 0 Å². The van der Waals surface area contributed by atoms with Crippen LogP contribution >= 0.6 is 11.3 Å². The van der Waals surface area contributed by atoms with Crippen molar-refractivity contribution in [3.05, 3.63) is 58.0 Å². The van der Waals surface area contributed by atoms with Crippen LogP contribution in [0.3, 0.4) is 0 Å². The van der Waals surface area contributed by atoms with Gasteiger partial charge in [0.1, 0.15) is 12.4 Å². The first-order chi connectivity index (χ1) is 8.25. The average Bonchev–Trinajstić information content (AvgIpc) is 2.82. The molecule has 88 valence electrons. The highest BCUT2D eigenvalue weighted by Gasteiger charge is 2.00. The minimum absolute atomic E-state index is 0.198. The molecule has 0 spiro atoms. The minimum atomic E-state index is -0.290. The van der Waals surface area contributed by atoms with Crippen LogP contribution in [0, 0.1) is 5.82 Å². The smallest absolute Gasteiger partial charge is 0.180 e. The Morgan fingerprint density at radius 2 is 2.24 bits per heavy atom. The van der Waals surface area contributed by atoms with Crippen molar-refractivity contribution in [2.75, 3.05) is 0 Å². The Hall–Kier alpha value is -1.88. The summed E-state index contributed by atoms with van der Waals surface area (Å²) in [6.07, 6.45) is 0. The second-order valence-corrected chi connectivity index (χ2v) is 4.30. The van der Waals surface area contributed by atoms with Crippen LogP contribution in [0.25, 0.3) is 0 Å². The van der Waals surface area contributed by atoms with Gasteiger partial charge in [-0.1, -0.05) is 23.4 Å². The molecule has 0 unspecified atom stereocenters. The van der Waals surface area contributed by atoms with Crippen molar-refractivity contribution in [1.82, 2.24) is 0 Å². The molecule has 2 aromatic rings. The molecule has 0 amide bonds.